The Hall–Kier alpha value is -4.54. The van der Waals surface area contributed by atoms with Gasteiger partial charge in [-0.3, -0.25) is 9.48 Å². The zero-order chi connectivity index (χ0) is 24.1. The summed E-state index contributed by atoms with van der Waals surface area (Å²) in [5.74, 6) is -3.09. The lowest BCUT2D eigenvalue weighted by atomic mass is 10.0. The Morgan fingerprint density at radius 2 is 1.71 bits per heavy atom. The van der Waals surface area contributed by atoms with Crippen LogP contribution in [0, 0.1) is 17.7 Å². The Kier molecular flexibility index (Phi) is 4.83. The smallest absolute Gasteiger partial charge is 0.257 e. The van der Waals surface area contributed by atoms with Crippen molar-refractivity contribution < 1.29 is 18.0 Å². The number of fused-ring (bicyclic) bond motifs is 2. The predicted octanol–water partition coefficient (Wildman–Crippen LogP) is 4.27. The molecule has 0 fully saturated rings. The largest absolute Gasteiger partial charge is 0.305 e. The van der Waals surface area contributed by atoms with Gasteiger partial charge in [-0.15, -0.1) is 0 Å². The highest BCUT2D eigenvalue weighted by molar-refractivity contribution is 6.03. The molecule has 174 valence electrons. The van der Waals surface area contributed by atoms with Crippen LogP contribution in [0.15, 0.2) is 54.7 Å². The normalized spacial score (nSPS) is 12.8. The molecule has 6 rings (SSSR count). The van der Waals surface area contributed by atoms with E-state index < -0.39 is 17.8 Å². The molecule has 0 bridgehead atoms. The first kappa shape index (κ1) is 21.0. The van der Waals surface area contributed by atoms with Gasteiger partial charge in [0.15, 0.2) is 11.5 Å². The van der Waals surface area contributed by atoms with Gasteiger partial charge in [0.2, 0.25) is 11.9 Å². The number of rotatable bonds is 4. The van der Waals surface area contributed by atoms with Gasteiger partial charge in [0.1, 0.15) is 11.5 Å². The van der Waals surface area contributed by atoms with Gasteiger partial charge in [0.25, 0.3) is 5.91 Å². The van der Waals surface area contributed by atoms with E-state index in [1.165, 1.54) is 22.8 Å². The molecular weight excluding hydrogens is 459 g/mol. The van der Waals surface area contributed by atoms with Crippen LogP contribution in [-0.4, -0.2) is 35.3 Å². The molecule has 5 aromatic rings. The molecule has 0 unspecified atom stereocenters. The van der Waals surface area contributed by atoms with E-state index in [0.29, 0.717) is 17.0 Å². The van der Waals surface area contributed by atoms with E-state index in [1.807, 2.05) is 10.7 Å². The number of aryl methyl sites for hydroxylation is 1. The Balaban J connectivity index is 1.37. The molecule has 1 N–H and O–H groups in total. The van der Waals surface area contributed by atoms with E-state index in [2.05, 4.69) is 20.4 Å². The van der Waals surface area contributed by atoms with Crippen LogP contribution in [-0.2, 0) is 13.0 Å². The molecule has 11 heteroatoms. The number of pyridine rings is 1. The molecule has 8 nitrogen and oxygen atoms in total. The van der Waals surface area contributed by atoms with Gasteiger partial charge < -0.3 is 5.32 Å². The molecule has 1 aliphatic heterocycles. The highest BCUT2D eigenvalue weighted by atomic mass is 19.1. The van der Waals surface area contributed by atoms with Crippen LogP contribution >= 0.6 is 0 Å². The molecule has 0 saturated carbocycles. The molecule has 4 aromatic heterocycles. The number of carbonyl (C=O) groups is 1. The monoisotopic (exact) mass is 475 g/mol. The summed E-state index contributed by atoms with van der Waals surface area (Å²) in [5.41, 5.74) is 4.28. The molecular formula is C24H16F3N7O. The van der Waals surface area contributed by atoms with E-state index in [9.17, 15) is 18.0 Å². The first-order valence-corrected chi connectivity index (χ1v) is 10.8. The fourth-order valence-corrected chi connectivity index (χ4v) is 4.27. The maximum Gasteiger partial charge on any atom is 0.257 e. The zero-order valence-corrected chi connectivity index (χ0v) is 18.0. The van der Waals surface area contributed by atoms with Crippen molar-refractivity contribution >= 4 is 17.4 Å². The van der Waals surface area contributed by atoms with Gasteiger partial charge in [-0.1, -0.05) is 0 Å². The first-order valence-electron chi connectivity index (χ1n) is 10.8. The number of imidazole rings is 1. The topological polar surface area (TPSA) is 90.0 Å². The number of aromatic nitrogens is 6. The average molecular weight is 475 g/mol. The highest BCUT2D eigenvalue weighted by Gasteiger charge is 2.25. The summed E-state index contributed by atoms with van der Waals surface area (Å²) in [5, 5.41) is 11.9. The molecule has 1 aromatic carbocycles. The van der Waals surface area contributed by atoms with E-state index in [1.54, 1.807) is 18.2 Å². The lowest BCUT2D eigenvalue weighted by Gasteiger charge is -2.05. The minimum absolute atomic E-state index is 0.163. The van der Waals surface area contributed by atoms with Crippen molar-refractivity contribution in [1.82, 2.24) is 29.4 Å². The number of nitrogens with zero attached hydrogens (tertiary/aromatic N) is 6. The number of anilines is 1. The minimum atomic E-state index is -1.10. The van der Waals surface area contributed by atoms with Crippen molar-refractivity contribution in [3.8, 4) is 22.5 Å². The number of halogens is 3. The number of hydrogen-bond acceptors (Lipinski definition) is 5. The molecule has 5 heterocycles. The number of amides is 1. The van der Waals surface area contributed by atoms with Crippen molar-refractivity contribution in [1.29, 1.82) is 0 Å². The lowest BCUT2D eigenvalue weighted by Crippen LogP contribution is -2.13. The third-order valence-corrected chi connectivity index (χ3v) is 5.80. The number of benzene rings is 1. The van der Waals surface area contributed by atoms with Gasteiger partial charge >= 0.3 is 0 Å². The molecule has 0 atom stereocenters. The van der Waals surface area contributed by atoms with Crippen LogP contribution in [0.3, 0.4) is 0 Å². The summed E-state index contributed by atoms with van der Waals surface area (Å²) < 4.78 is 43.7. The van der Waals surface area contributed by atoms with Gasteiger partial charge in [-0.2, -0.15) is 24.0 Å². The van der Waals surface area contributed by atoms with Crippen LogP contribution < -0.4 is 5.32 Å². The van der Waals surface area contributed by atoms with Crippen LogP contribution in [0.2, 0.25) is 0 Å². The summed E-state index contributed by atoms with van der Waals surface area (Å²) >= 11 is 0. The number of carbonyl (C=O) groups excluding carboxylic acids is 1. The van der Waals surface area contributed by atoms with Crippen LogP contribution in [0.25, 0.3) is 28.2 Å². The average Bonchev–Trinajstić information content (AvgIpc) is 3.52. The van der Waals surface area contributed by atoms with E-state index in [-0.39, 0.29) is 17.2 Å². The first-order chi connectivity index (χ1) is 16.9. The Morgan fingerprint density at radius 1 is 0.943 bits per heavy atom. The molecule has 35 heavy (non-hydrogen) atoms. The van der Waals surface area contributed by atoms with Crippen molar-refractivity contribution in [3.05, 3.63) is 83.7 Å². The number of nitrogens with one attached hydrogen (secondary N) is 1. The number of hydrogen-bond donors (Lipinski definition) is 1. The maximum atomic E-state index is 13.5. The molecule has 0 aliphatic carbocycles. The van der Waals surface area contributed by atoms with E-state index in [0.717, 1.165) is 48.3 Å². The Bertz CT molecular complexity index is 1590. The second-order valence-corrected chi connectivity index (χ2v) is 8.11. The highest BCUT2D eigenvalue weighted by Crippen LogP contribution is 2.36. The third kappa shape index (κ3) is 3.80. The predicted molar refractivity (Wildman–Crippen MR) is 120 cm³/mol. The Labute approximate surface area is 196 Å². The van der Waals surface area contributed by atoms with Gasteiger partial charge in [0.05, 0.1) is 17.5 Å². The fourth-order valence-electron chi connectivity index (χ4n) is 4.27. The lowest BCUT2D eigenvalue weighted by molar-refractivity contribution is 0.102. The van der Waals surface area contributed by atoms with E-state index >= 15 is 0 Å². The Morgan fingerprint density at radius 3 is 2.49 bits per heavy atom. The van der Waals surface area contributed by atoms with Gasteiger partial charge in [-0.05, 0) is 49.2 Å². The van der Waals surface area contributed by atoms with Crippen molar-refractivity contribution in [2.45, 2.75) is 19.4 Å². The van der Waals surface area contributed by atoms with Crippen molar-refractivity contribution in [2.24, 2.45) is 0 Å². The second-order valence-electron chi connectivity index (χ2n) is 8.11. The van der Waals surface area contributed by atoms with Gasteiger partial charge in [-0.25, -0.2) is 13.9 Å². The summed E-state index contributed by atoms with van der Waals surface area (Å²) in [6.45, 7) is 0.795. The summed E-state index contributed by atoms with van der Waals surface area (Å²) in [7, 11) is 0. The minimum Gasteiger partial charge on any atom is -0.305 e. The molecule has 0 saturated heterocycles. The van der Waals surface area contributed by atoms with Crippen LogP contribution in [0.4, 0.5) is 19.0 Å². The SMILES string of the molecule is O=C(Nc1cn2nc(-c3c(-c4ccc(F)cc4)nn4c3CCC4)ccc2n1)c1cc(F)nc(F)c1. The molecule has 1 amide bonds. The zero-order valence-electron chi connectivity index (χ0n) is 18.0. The van der Waals surface area contributed by atoms with E-state index in [4.69, 9.17) is 5.10 Å². The third-order valence-electron chi connectivity index (χ3n) is 5.80. The molecule has 1 aliphatic rings. The fraction of sp³-hybridized carbons (Fsp3) is 0.125. The summed E-state index contributed by atoms with van der Waals surface area (Å²) in [6.07, 6.45) is 3.32. The molecule has 0 radical (unpaired) electrons. The van der Waals surface area contributed by atoms with Crippen molar-refractivity contribution in [3.63, 3.8) is 0 Å². The molecule has 0 spiro atoms. The van der Waals surface area contributed by atoms with Gasteiger partial charge in [0, 0.05) is 35.5 Å². The quantitative estimate of drug-likeness (QED) is 0.392. The maximum absolute atomic E-state index is 13.5. The summed E-state index contributed by atoms with van der Waals surface area (Å²) in [6, 6.07) is 11.4. The van der Waals surface area contributed by atoms with Crippen molar-refractivity contribution in [2.75, 3.05) is 5.32 Å². The van der Waals surface area contributed by atoms with Crippen LogP contribution in [0.1, 0.15) is 22.5 Å². The van der Waals surface area contributed by atoms with Crippen LogP contribution in [0.5, 0.6) is 0 Å². The second kappa shape index (κ2) is 8.05. The summed E-state index contributed by atoms with van der Waals surface area (Å²) in [4.78, 5) is 19.7. The standard InChI is InChI=1S/C24H16F3N7O/c25-15-5-3-13(4-6-15)23-22(17-2-1-9-33(17)32-23)16-7-8-21-29-20(12-34(21)31-16)30-24(35)14-10-18(26)28-19(27)11-14/h3-8,10-12H,1-2,9H2,(H,30,35).